The Balaban J connectivity index is 1.80. The van der Waals surface area contributed by atoms with Gasteiger partial charge in [0, 0.05) is 23.5 Å². The lowest BCUT2D eigenvalue weighted by molar-refractivity contribution is -0.143. The molecule has 2 aromatic rings. The summed E-state index contributed by atoms with van der Waals surface area (Å²) in [7, 11) is 0. The number of carbonyl (C=O) groups excluding carboxylic acids is 3. The van der Waals surface area contributed by atoms with Gasteiger partial charge in [-0.1, -0.05) is 18.2 Å². The zero-order valence-corrected chi connectivity index (χ0v) is 19.3. The first-order chi connectivity index (χ1) is 16.7. The van der Waals surface area contributed by atoms with E-state index in [9.17, 15) is 34.5 Å². The first kappa shape index (κ1) is 26.1. The molecule has 35 heavy (non-hydrogen) atoms. The molecule has 12 nitrogen and oxygen atoms in total. The van der Waals surface area contributed by atoms with E-state index < -0.39 is 60.6 Å². The molecule has 5 unspecified atom stereocenters. The van der Waals surface area contributed by atoms with Crippen molar-refractivity contribution in [2.75, 3.05) is 13.2 Å². The fraction of sp³-hybridized carbons (Fsp3) is 0.478. The van der Waals surface area contributed by atoms with E-state index in [4.69, 9.17) is 0 Å². The van der Waals surface area contributed by atoms with Crippen molar-refractivity contribution in [2.45, 2.75) is 56.5 Å². The molecule has 1 aromatic carbocycles. The zero-order chi connectivity index (χ0) is 25.5. The number of carboxylic acid groups (broad SMARTS) is 1. The molecule has 1 aromatic heterocycles. The minimum Gasteiger partial charge on any atom is -0.480 e. The van der Waals surface area contributed by atoms with Crippen molar-refractivity contribution in [2.24, 2.45) is 0 Å². The van der Waals surface area contributed by atoms with Gasteiger partial charge in [0.1, 0.15) is 18.1 Å². The van der Waals surface area contributed by atoms with Gasteiger partial charge in [-0.3, -0.25) is 14.4 Å². The maximum Gasteiger partial charge on any atom is 0.328 e. The Morgan fingerprint density at radius 3 is 2.43 bits per heavy atom. The normalized spacial score (nSPS) is 18.9. The first-order valence-corrected chi connectivity index (χ1v) is 11.4. The van der Waals surface area contributed by atoms with Crippen molar-refractivity contribution in [1.29, 1.82) is 0 Å². The van der Waals surface area contributed by atoms with Gasteiger partial charge in [-0.15, -0.1) is 0 Å². The second kappa shape index (κ2) is 11.8. The van der Waals surface area contributed by atoms with Gasteiger partial charge in [0.2, 0.25) is 17.7 Å². The lowest BCUT2D eigenvalue weighted by Gasteiger charge is -2.26. The van der Waals surface area contributed by atoms with Crippen LogP contribution in [0.5, 0.6) is 0 Å². The predicted octanol–water partition coefficient (Wildman–Crippen LogP) is -1.63. The fourth-order valence-corrected chi connectivity index (χ4v) is 4.02. The molecule has 8 N–H and O–H groups in total. The summed E-state index contributed by atoms with van der Waals surface area (Å²) >= 11 is 0. The molecule has 3 amide bonds. The lowest BCUT2D eigenvalue weighted by atomic mass is 10.0. The molecule has 0 saturated carbocycles. The quantitative estimate of drug-likeness (QED) is 0.184. The number of aliphatic hydroxyl groups excluding tert-OH is 2. The van der Waals surface area contributed by atoms with Crippen LogP contribution < -0.4 is 21.3 Å². The number of carboxylic acids is 1. The summed E-state index contributed by atoms with van der Waals surface area (Å²) in [5.41, 5.74) is 1.50. The van der Waals surface area contributed by atoms with Crippen LogP contribution in [0, 0.1) is 0 Å². The van der Waals surface area contributed by atoms with Crippen LogP contribution in [-0.4, -0.2) is 87.4 Å². The highest BCUT2D eigenvalue weighted by Crippen LogP contribution is 2.19. The number of para-hydroxylation sites is 1. The highest BCUT2D eigenvalue weighted by molar-refractivity contribution is 5.95. The molecule has 190 valence electrons. The van der Waals surface area contributed by atoms with Crippen LogP contribution in [0.2, 0.25) is 0 Å². The standard InChI is InChI=1S/C23H31N5O7/c1-12(30)19(28-20(31)16-7-4-8-24-16)22(33)26-17(21(32)27-18(11-29)23(34)35)9-13-10-25-15-6-3-2-5-14(13)15/h2-3,5-6,10,12,16-19,24-25,29-30H,4,7-9,11H2,1H3,(H,26,33)(H,27,32)(H,28,31)(H,34,35). The summed E-state index contributed by atoms with van der Waals surface area (Å²) in [5, 5.41) is 39.7. The van der Waals surface area contributed by atoms with E-state index in [2.05, 4.69) is 26.3 Å². The molecule has 0 aliphatic carbocycles. The molecule has 12 heteroatoms. The Hall–Kier alpha value is -3.48. The Morgan fingerprint density at radius 1 is 1.09 bits per heavy atom. The Labute approximate surface area is 201 Å². The number of benzene rings is 1. The highest BCUT2D eigenvalue weighted by atomic mass is 16.4. The third-order valence-corrected chi connectivity index (χ3v) is 5.97. The number of hydrogen-bond donors (Lipinski definition) is 8. The van der Waals surface area contributed by atoms with Crippen LogP contribution in [0.3, 0.4) is 0 Å². The number of amides is 3. The minimum atomic E-state index is -1.56. The van der Waals surface area contributed by atoms with Crippen LogP contribution in [0.4, 0.5) is 0 Å². The van der Waals surface area contributed by atoms with E-state index in [-0.39, 0.29) is 6.42 Å². The molecular weight excluding hydrogens is 458 g/mol. The summed E-state index contributed by atoms with van der Waals surface area (Å²) in [5.74, 6) is -3.51. The topological polar surface area (TPSA) is 193 Å². The maximum atomic E-state index is 13.1. The molecule has 1 saturated heterocycles. The van der Waals surface area contributed by atoms with Crippen molar-refractivity contribution >= 4 is 34.6 Å². The number of nitrogens with one attached hydrogen (secondary N) is 5. The number of H-pyrrole nitrogens is 1. The molecule has 2 heterocycles. The van der Waals surface area contributed by atoms with E-state index >= 15 is 0 Å². The maximum absolute atomic E-state index is 13.1. The van der Waals surface area contributed by atoms with Crippen molar-refractivity contribution in [3.05, 3.63) is 36.0 Å². The van der Waals surface area contributed by atoms with Crippen molar-refractivity contribution in [3.63, 3.8) is 0 Å². The van der Waals surface area contributed by atoms with Crippen LogP contribution >= 0.6 is 0 Å². The molecule has 1 aliphatic rings. The van der Waals surface area contributed by atoms with Gasteiger partial charge < -0.3 is 41.6 Å². The van der Waals surface area contributed by atoms with Gasteiger partial charge in [0.25, 0.3) is 0 Å². The predicted molar refractivity (Wildman–Crippen MR) is 125 cm³/mol. The number of aromatic nitrogens is 1. The number of aromatic amines is 1. The number of aliphatic carboxylic acids is 1. The van der Waals surface area contributed by atoms with Gasteiger partial charge in [-0.2, -0.15) is 0 Å². The number of aliphatic hydroxyl groups is 2. The smallest absolute Gasteiger partial charge is 0.328 e. The van der Waals surface area contributed by atoms with Crippen molar-refractivity contribution in [1.82, 2.24) is 26.3 Å². The molecule has 0 bridgehead atoms. The molecule has 3 rings (SSSR count). The van der Waals surface area contributed by atoms with E-state index in [1.54, 1.807) is 6.20 Å². The first-order valence-electron chi connectivity index (χ1n) is 11.4. The Bertz CT molecular complexity index is 1060. The fourth-order valence-electron chi connectivity index (χ4n) is 4.02. The lowest BCUT2D eigenvalue weighted by Crippen LogP contribution is -2.60. The second-order valence-electron chi connectivity index (χ2n) is 8.58. The average Bonchev–Trinajstić information content (AvgIpc) is 3.50. The van der Waals surface area contributed by atoms with Gasteiger partial charge in [0.05, 0.1) is 18.8 Å². The van der Waals surface area contributed by atoms with Gasteiger partial charge in [0.15, 0.2) is 0 Å². The summed E-state index contributed by atoms with van der Waals surface area (Å²) in [4.78, 5) is 52.9. The third-order valence-electron chi connectivity index (χ3n) is 5.97. The van der Waals surface area contributed by atoms with E-state index in [1.165, 1.54) is 6.92 Å². The van der Waals surface area contributed by atoms with Crippen molar-refractivity contribution < 1.29 is 34.5 Å². The third kappa shape index (κ3) is 6.56. The Kier molecular flexibility index (Phi) is 8.79. The van der Waals surface area contributed by atoms with Crippen LogP contribution in [-0.2, 0) is 25.6 Å². The second-order valence-corrected chi connectivity index (χ2v) is 8.58. The minimum absolute atomic E-state index is 0.00991. The summed E-state index contributed by atoms with van der Waals surface area (Å²) in [6.45, 7) is 1.18. The monoisotopic (exact) mass is 489 g/mol. The number of rotatable bonds is 11. The van der Waals surface area contributed by atoms with Crippen LogP contribution in [0.25, 0.3) is 10.9 Å². The summed E-state index contributed by atoms with van der Waals surface area (Å²) in [6, 6.07) is 2.70. The molecule has 5 atom stereocenters. The van der Waals surface area contributed by atoms with Crippen molar-refractivity contribution in [3.8, 4) is 0 Å². The molecule has 1 fully saturated rings. The van der Waals surface area contributed by atoms with E-state index in [0.717, 1.165) is 17.3 Å². The SMILES string of the molecule is CC(O)C(NC(=O)C1CCCN1)C(=O)NC(Cc1c[nH]c2ccccc12)C(=O)NC(CO)C(=O)O. The Morgan fingerprint density at radius 2 is 1.80 bits per heavy atom. The molecule has 1 aliphatic heterocycles. The van der Waals surface area contributed by atoms with Crippen LogP contribution in [0.1, 0.15) is 25.3 Å². The average molecular weight is 490 g/mol. The summed E-state index contributed by atoms with van der Waals surface area (Å²) < 4.78 is 0. The summed E-state index contributed by atoms with van der Waals surface area (Å²) in [6.07, 6.45) is 1.82. The van der Waals surface area contributed by atoms with Crippen LogP contribution in [0.15, 0.2) is 30.5 Å². The molecule has 0 radical (unpaired) electrons. The highest BCUT2D eigenvalue weighted by Gasteiger charge is 2.33. The van der Waals surface area contributed by atoms with E-state index in [0.29, 0.717) is 18.5 Å². The molecular formula is C23H31N5O7. The molecule has 0 spiro atoms. The number of carbonyl (C=O) groups is 4. The van der Waals surface area contributed by atoms with E-state index in [1.807, 2.05) is 24.3 Å². The van der Waals surface area contributed by atoms with Gasteiger partial charge in [-0.05, 0) is 37.9 Å². The van der Waals surface area contributed by atoms with Gasteiger partial charge >= 0.3 is 5.97 Å². The zero-order valence-electron chi connectivity index (χ0n) is 19.3. The largest absolute Gasteiger partial charge is 0.480 e. The number of hydrogen-bond acceptors (Lipinski definition) is 7. The van der Waals surface area contributed by atoms with Gasteiger partial charge in [-0.25, -0.2) is 4.79 Å². The number of fused-ring (bicyclic) bond motifs is 1.